The smallest absolute Gasteiger partial charge is 0.352 e. The number of carboxylic acid groups (broad SMARTS) is 1. The number of nitrogens with one attached hydrogen (secondary N) is 1. The Morgan fingerprint density at radius 2 is 1.68 bits per heavy atom. The van der Waals surface area contributed by atoms with Crippen molar-refractivity contribution in [3.8, 4) is 22.6 Å². The minimum absolute atomic E-state index is 0.144. The van der Waals surface area contributed by atoms with E-state index in [2.05, 4.69) is 28.4 Å². The molecule has 2 bridgehead atoms. The first-order valence-corrected chi connectivity index (χ1v) is 23.5. The maximum atomic E-state index is 13.5. The maximum absolute atomic E-state index is 13.5. The number of carboxylic acids is 1. The fraction of sp³-hybridized carbons (Fsp3) is 0.440. The van der Waals surface area contributed by atoms with Gasteiger partial charge in [-0.2, -0.15) is 5.10 Å². The van der Waals surface area contributed by atoms with Crippen molar-refractivity contribution in [3.63, 3.8) is 0 Å². The lowest BCUT2D eigenvalue weighted by Crippen LogP contribution is -2.52. The van der Waals surface area contributed by atoms with E-state index in [0.717, 1.165) is 44.7 Å². The predicted molar refractivity (Wildman–Crippen MR) is 246 cm³/mol. The number of aromatic carboxylic acids is 1. The number of amides is 4. The molecule has 2 aromatic heterocycles. The Hall–Kier alpha value is -6.19. The van der Waals surface area contributed by atoms with E-state index in [1.165, 1.54) is 35.3 Å². The van der Waals surface area contributed by atoms with Crippen molar-refractivity contribution in [2.24, 2.45) is 7.05 Å². The van der Waals surface area contributed by atoms with E-state index in [1.54, 1.807) is 23.1 Å². The Bertz CT molecular complexity index is 2820. The normalized spacial score (nSPS) is 20.3. The zero-order valence-corrected chi connectivity index (χ0v) is 38.3. The third kappa shape index (κ3) is 7.69. The van der Waals surface area contributed by atoms with E-state index in [1.807, 2.05) is 42.3 Å². The summed E-state index contributed by atoms with van der Waals surface area (Å²) in [6.45, 7) is 7.31. The Morgan fingerprint density at radius 1 is 0.909 bits per heavy atom. The van der Waals surface area contributed by atoms with Crippen molar-refractivity contribution in [2.75, 3.05) is 45.9 Å². The van der Waals surface area contributed by atoms with Gasteiger partial charge in [0.05, 0.1) is 29.4 Å². The Morgan fingerprint density at radius 3 is 2.44 bits per heavy atom. The lowest BCUT2D eigenvalue weighted by atomic mass is 9.91. The van der Waals surface area contributed by atoms with Crippen LogP contribution in [0.4, 0.5) is 0 Å². The van der Waals surface area contributed by atoms with Crippen LogP contribution in [0, 0.1) is 13.8 Å². The second-order valence-electron chi connectivity index (χ2n) is 18.4. The number of aryl methyl sites for hydroxylation is 3. The molecule has 1 saturated carbocycles. The number of piperidine rings is 1. The van der Waals surface area contributed by atoms with E-state index in [9.17, 15) is 29.1 Å². The molecule has 5 heterocycles. The Kier molecular flexibility index (Phi) is 11.6. The quantitative estimate of drug-likeness (QED) is 0.0944. The third-order valence-electron chi connectivity index (χ3n) is 14.7. The summed E-state index contributed by atoms with van der Waals surface area (Å²) in [5.74, 6) is 0.221. The lowest BCUT2D eigenvalue weighted by molar-refractivity contribution is -0.137. The van der Waals surface area contributed by atoms with Gasteiger partial charge in [-0.15, -0.1) is 0 Å². The highest BCUT2D eigenvalue weighted by Gasteiger charge is 2.41. The Labute approximate surface area is 387 Å². The average Bonchev–Trinajstić information content (AvgIpc) is 4.12. The zero-order valence-electron chi connectivity index (χ0n) is 37.5. The maximum Gasteiger partial charge on any atom is 0.352 e. The van der Waals surface area contributed by atoms with Crippen LogP contribution in [-0.2, 0) is 40.9 Å². The van der Waals surface area contributed by atoms with Crippen molar-refractivity contribution >= 4 is 52.1 Å². The highest BCUT2D eigenvalue weighted by molar-refractivity contribution is 6.35. The van der Waals surface area contributed by atoms with Gasteiger partial charge in [0, 0.05) is 91.6 Å². The number of aromatic nitrogens is 3. The fourth-order valence-electron chi connectivity index (χ4n) is 11.4. The third-order valence-corrected chi connectivity index (χ3v) is 15.0. The molecule has 5 aliphatic rings. The number of halogens is 1. The number of piperazine rings is 1. The number of rotatable bonds is 14. The van der Waals surface area contributed by atoms with Crippen LogP contribution in [0.2, 0.25) is 5.02 Å². The molecular formula is C50H54ClN7O8. The molecule has 15 nitrogen and oxygen atoms in total. The van der Waals surface area contributed by atoms with Gasteiger partial charge in [0.15, 0.2) is 6.61 Å². The van der Waals surface area contributed by atoms with Crippen molar-refractivity contribution < 1.29 is 38.6 Å². The number of carbonyl (C=O) groups is 5. The molecule has 2 saturated heterocycles. The molecule has 0 radical (unpaired) electrons. The van der Waals surface area contributed by atoms with Gasteiger partial charge in [-0.1, -0.05) is 35.9 Å². The molecule has 3 aromatic carbocycles. The molecule has 344 valence electrons. The Balaban J connectivity index is 0.831. The first-order chi connectivity index (χ1) is 31.9. The van der Waals surface area contributed by atoms with Gasteiger partial charge in [0.1, 0.15) is 23.2 Å². The molecule has 3 aliphatic heterocycles. The second-order valence-corrected chi connectivity index (χ2v) is 18.8. The zero-order chi connectivity index (χ0) is 46.0. The van der Waals surface area contributed by atoms with Crippen LogP contribution in [0.5, 0.6) is 11.5 Å². The first kappa shape index (κ1) is 43.7. The second kappa shape index (κ2) is 17.6. The number of ether oxygens (including phenoxy) is 2. The lowest BCUT2D eigenvalue weighted by Gasteiger charge is -2.35. The van der Waals surface area contributed by atoms with Crippen LogP contribution in [0.25, 0.3) is 22.0 Å². The molecule has 0 spiro atoms. The molecule has 3 fully saturated rings. The minimum atomic E-state index is -1.01. The van der Waals surface area contributed by atoms with Crippen molar-refractivity contribution in [1.82, 2.24) is 34.4 Å². The van der Waals surface area contributed by atoms with Crippen molar-refractivity contribution in [1.29, 1.82) is 0 Å². The highest BCUT2D eigenvalue weighted by Crippen LogP contribution is 2.55. The van der Waals surface area contributed by atoms with Gasteiger partial charge in [0.2, 0.25) is 11.8 Å². The SMILES string of the molecule is Cc1nn(C)c(C)c1-c1c(Cl)ccc2c(CCCOc3cccc4c3C3CCC4C3)c(C(=O)O)n(CCN3CCN(C(=O)COc4cccc5c4CN(C4CCC(=O)NC4=O)C5=O)CC3)c12. The minimum Gasteiger partial charge on any atom is -0.493 e. The molecule has 3 unspecified atom stereocenters. The van der Waals surface area contributed by atoms with Crippen LogP contribution >= 0.6 is 11.6 Å². The molecular weight excluding hydrogens is 862 g/mol. The van der Waals surface area contributed by atoms with E-state index in [4.69, 9.17) is 26.2 Å². The number of hydrogen-bond acceptors (Lipinski definition) is 9. The van der Waals surface area contributed by atoms with Crippen molar-refractivity contribution in [3.05, 3.63) is 98.5 Å². The number of carbonyl (C=O) groups excluding carboxylic acids is 4. The molecule has 4 amide bonds. The first-order valence-electron chi connectivity index (χ1n) is 23.1. The summed E-state index contributed by atoms with van der Waals surface area (Å²) < 4.78 is 16.3. The molecule has 10 rings (SSSR count). The molecule has 3 atom stereocenters. The number of nitrogens with zero attached hydrogens (tertiary/aromatic N) is 6. The van der Waals surface area contributed by atoms with Gasteiger partial charge in [-0.05, 0) is 99.6 Å². The molecule has 5 aromatic rings. The van der Waals surface area contributed by atoms with Gasteiger partial charge in [-0.25, -0.2) is 4.79 Å². The average molecular weight is 916 g/mol. The number of hydrogen-bond donors (Lipinski definition) is 2. The monoisotopic (exact) mass is 915 g/mol. The summed E-state index contributed by atoms with van der Waals surface area (Å²) in [5.41, 5.74) is 8.97. The molecule has 16 heteroatoms. The van der Waals surface area contributed by atoms with Gasteiger partial charge < -0.3 is 28.9 Å². The molecule has 66 heavy (non-hydrogen) atoms. The summed E-state index contributed by atoms with van der Waals surface area (Å²) in [4.78, 5) is 70.0. The summed E-state index contributed by atoms with van der Waals surface area (Å²) >= 11 is 7.10. The predicted octanol–water partition coefficient (Wildman–Crippen LogP) is 6.37. The summed E-state index contributed by atoms with van der Waals surface area (Å²) in [5, 5.41) is 19.4. The van der Waals surface area contributed by atoms with Crippen LogP contribution in [0.15, 0.2) is 48.5 Å². The topological polar surface area (TPSA) is 169 Å². The number of imide groups is 1. The number of benzene rings is 3. The van der Waals surface area contributed by atoms with Gasteiger partial charge in [-0.3, -0.25) is 34.1 Å². The molecule has 2 aliphatic carbocycles. The fourth-order valence-corrected chi connectivity index (χ4v) is 11.7. The number of fused-ring (bicyclic) bond motifs is 7. The van der Waals surface area contributed by atoms with E-state index in [-0.39, 0.29) is 49.4 Å². The van der Waals surface area contributed by atoms with E-state index < -0.39 is 17.9 Å². The standard InChI is InChI=1S/C50H54ClN7O8/c1-28-43(29(2)54(3)53-28)45-37(51)15-14-34-33(9-6-24-65-40-11-4-7-32-30-12-13-31(25-30)44(32)40)47(50(63)64)57(46(34)45)23-20-55-18-21-56(22-19-55)42(60)27-66-39-10-5-8-35-36(39)26-58(49(35)62)38-16-17-41(59)52-48(38)61/h4-5,7-8,10-11,14-15,30-31,38H,6,9,12-13,16-27H2,1-3H3,(H,63,64)(H,52,59,61). The van der Waals surface area contributed by atoms with Gasteiger partial charge in [0.25, 0.3) is 11.8 Å². The van der Waals surface area contributed by atoms with Crippen LogP contribution in [0.3, 0.4) is 0 Å². The van der Waals surface area contributed by atoms with Crippen molar-refractivity contribution in [2.45, 2.75) is 89.8 Å². The van der Waals surface area contributed by atoms with E-state index in [0.29, 0.717) is 92.5 Å². The van der Waals surface area contributed by atoms with Gasteiger partial charge >= 0.3 is 5.97 Å². The van der Waals surface area contributed by atoms with Crippen LogP contribution in [0.1, 0.15) is 105 Å². The van der Waals surface area contributed by atoms with E-state index >= 15 is 0 Å². The molecule has 2 N–H and O–H groups in total. The highest BCUT2D eigenvalue weighted by atomic mass is 35.5. The van der Waals surface area contributed by atoms with Crippen LogP contribution < -0.4 is 14.8 Å². The van der Waals surface area contributed by atoms with Crippen LogP contribution in [-0.4, -0.2) is 116 Å². The largest absolute Gasteiger partial charge is 0.493 e. The summed E-state index contributed by atoms with van der Waals surface area (Å²) in [6, 6.07) is 14.6. The summed E-state index contributed by atoms with van der Waals surface area (Å²) in [7, 11) is 1.89. The summed E-state index contributed by atoms with van der Waals surface area (Å²) in [6.07, 6.45) is 5.21.